The first kappa shape index (κ1) is 29.2. The van der Waals surface area contributed by atoms with E-state index in [-0.39, 0.29) is 11.9 Å². The molecule has 0 bridgehead atoms. The van der Waals surface area contributed by atoms with Crippen LogP contribution in [-0.4, -0.2) is 22.1 Å². The van der Waals surface area contributed by atoms with Gasteiger partial charge in [-0.05, 0) is 105 Å². The molecule has 6 rings (SSSR count). The summed E-state index contributed by atoms with van der Waals surface area (Å²) in [7, 11) is 0. The van der Waals surface area contributed by atoms with Crippen LogP contribution in [0.1, 0.15) is 112 Å². The van der Waals surface area contributed by atoms with Crippen molar-refractivity contribution in [3.05, 3.63) is 70.0 Å². The van der Waals surface area contributed by atoms with Gasteiger partial charge in [-0.1, -0.05) is 76.5 Å². The van der Waals surface area contributed by atoms with Crippen LogP contribution in [0.5, 0.6) is 0 Å². The SMILES string of the molecule is Cc1cc(C)c2c3c(n(Cc4ccc([C@@H](C(=O)OC[C@@H]5CC(C)CC[C@H]5C(C)C)C5CCCC5)cc4)c2n1)CCC=C3. The highest BCUT2D eigenvalue weighted by atomic mass is 16.5. The number of pyridine rings is 1. The van der Waals surface area contributed by atoms with Gasteiger partial charge in [-0.15, -0.1) is 0 Å². The minimum absolute atomic E-state index is 0.00259. The number of aromatic nitrogens is 2. The number of allylic oxidation sites excluding steroid dienone is 1. The molecule has 4 heteroatoms. The van der Waals surface area contributed by atoms with Crippen LogP contribution >= 0.6 is 0 Å². The molecule has 0 amide bonds. The Bertz CT molecular complexity index is 1440. The fraction of sp³-hybridized carbons (Fsp3) is 0.579. The molecule has 2 aromatic heterocycles. The average Bonchev–Trinajstić information content (AvgIpc) is 3.60. The van der Waals surface area contributed by atoms with Gasteiger partial charge in [0.05, 0.1) is 12.5 Å². The van der Waals surface area contributed by atoms with E-state index in [1.165, 1.54) is 59.9 Å². The van der Waals surface area contributed by atoms with Gasteiger partial charge >= 0.3 is 5.97 Å². The maximum absolute atomic E-state index is 13.8. The Hall–Kier alpha value is -2.88. The lowest BCUT2D eigenvalue weighted by atomic mass is 9.70. The van der Waals surface area contributed by atoms with E-state index in [1.807, 2.05) is 0 Å². The molecule has 42 heavy (non-hydrogen) atoms. The predicted molar refractivity (Wildman–Crippen MR) is 173 cm³/mol. The van der Waals surface area contributed by atoms with E-state index >= 15 is 0 Å². The Morgan fingerprint density at radius 3 is 2.57 bits per heavy atom. The third-order valence-electron chi connectivity index (χ3n) is 10.7. The lowest BCUT2D eigenvalue weighted by Crippen LogP contribution is -2.33. The number of rotatable bonds is 8. The minimum Gasteiger partial charge on any atom is -0.465 e. The predicted octanol–water partition coefficient (Wildman–Crippen LogP) is 9.19. The topological polar surface area (TPSA) is 44.1 Å². The van der Waals surface area contributed by atoms with Crippen LogP contribution in [0.2, 0.25) is 0 Å². The van der Waals surface area contributed by atoms with E-state index in [1.54, 1.807) is 0 Å². The summed E-state index contributed by atoms with van der Waals surface area (Å²) in [4.78, 5) is 18.8. The number of hydrogen-bond acceptors (Lipinski definition) is 3. The van der Waals surface area contributed by atoms with Crippen LogP contribution in [-0.2, 0) is 22.5 Å². The van der Waals surface area contributed by atoms with Crippen molar-refractivity contribution in [2.24, 2.45) is 29.6 Å². The first-order valence-corrected chi connectivity index (χ1v) is 16.7. The van der Waals surface area contributed by atoms with Crippen molar-refractivity contribution in [1.29, 1.82) is 0 Å². The quantitative estimate of drug-likeness (QED) is 0.255. The van der Waals surface area contributed by atoms with E-state index < -0.39 is 0 Å². The van der Waals surface area contributed by atoms with Crippen LogP contribution in [0.15, 0.2) is 36.4 Å². The van der Waals surface area contributed by atoms with Crippen LogP contribution in [0.4, 0.5) is 0 Å². The first-order chi connectivity index (χ1) is 20.3. The van der Waals surface area contributed by atoms with Gasteiger partial charge in [0.2, 0.25) is 0 Å². The van der Waals surface area contributed by atoms with E-state index in [9.17, 15) is 4.79 Å². The molecule has 0 N–H and O–H groups in total. The van der Waals surface area contributed by atoms with Crippen molar-refractivity contribution in [2.75, 3.05) is 6.61 Å². The molecule has 0 aliphatic heterocycles. The molecule has 3 aliphatic rings. The maximum Gasteiger partial charge on any atom is 0.313 e. The van der Waals surface area contributed by atoms with Gasteiger partial charge < -0.3 is 9.30 Å². The van der Waals surface area contributed by atoms with E-state index in [2.05, 4.69) is 81.7 Å². The van der Waals surface area contributed by atoms with Gasteiger partial charge in [-0.2, -0.15) is 0 Å². The molecule has 3 aromatic rings. The lowest BCUT2D eigenvalue weighted by molar-refractivity contribution is -0.149. The molecule has 4 atom stereocenters. The van der Waals surface area contributed by atoms with Crippen LogP contribution in [0, 0.1) is 43.4 Å². The summed E-state index contributed by atoms with van der Waals surface area (Å²) in [6.07, 6.45) is 15.1. The summed E-state index contributed by atoms with van der Waals surface area (Å²) in [5, 5.41) is 1.29. The van der Waals surface area contributed by atoms with Gasteiger partial charge in [-0.3, -0.25) is 4.79 Å². The first-order valence-electron chi connectivity index (χ1n) is 16.7. The van der Waals surface area contributed by atoms with Crippen molar-refractivity contribution < 1.29 is 9.53 Å². The van der Waals surface area contributed by atoms with Crippen LogP contribution in [0.25, 0.3) is 17.1 Å². The van der Waals surface area contributed by atoms with Gasteiger partial charge in [0.1, 0.15) is 5.65 Å². The molecule has 4 nitrogen and oxygen atoms in total. The molecule has 2 fully saturated rings. The summed E-state index contributed by atoms with van der Waals surface area (Å²) >= 11 is 0. The Labute approximate surface area is 253 Å². The van der Waals surface area contributed by atoms with E-state index in [4.69, 9.17) is 9.72 Å². The highest BCUT2D eigenvalue weighted by molar-refractivity contribution is 5.92. The number of carbonyl (C=O) groups is 1. The zero-order chi connectivity index (χ0) is 29.4. The minimum atomic E-state index is -0.155. The van der Waals surface area contributed by atoms with Crippen molar-refractivity contribution in [1.82, 2.24) is 9.55 Å². The van der Waals surface area contributed by atoms with Gasteiger partial charge in [-0.25, -0.2) is 4.98 Å². The largest absolute Gasteiger partial charge is 0.465 e. The highest BCUT2D eigenvalue weighted by Gasteiger charge is 2.36. The molecule has 1 aromatic carbocycles. The molecule has 0 spiro atoms. The number of hydrogen-bond donors (Lipinski definition) is 0. The van der Waals surface area contributed by atoms with Crippen LogP contribution in [0.3, 0.4) is 0 Å². The average molecular weight is 567 g/mol. The van der Waals surface area contributed by atoms with Crippen molar-refractivity contribution >= 4 is 23.1 Å². The monoisotopic (exact) mass is 566 g/mol. The Kier molecular flexibility index (Phi) is 8.61. The molecule has 0 radical (unpaired) electrons. The molecule has 1 unspecified atom stereocenters. The number of fused-ring (bicyclic) bond motifs is 3. The zero-order valence-electron chi connectivity index (χ0n) is 26.5. The summed E-state index contributed by atoms with van der Waals surface area (Å²) < 4.78 is 8.66. The number of ether oxygens (including phenoxy) is 1. The van der Waals surface area contributed by atoms with E-state index in [0.29, 0.717) is 30.3 Å². The molecule has 0 saturated heterocycles. The summed E-state index contributed by atoms with van der Waals surface area (Å²) in [5.41, 5.74) is 8.57. The lowest BCUT2D eigenvalue weighted by Gasteiger charge is -2.37. The summed E-state index contributed by atoms with van der Waals surface area (Å²) in [6, 6.07) is 11.1. The third-order valence-corrected chi connectivity index (χ3v) is 10.7. The molecule has 224 valence electrons. The second-order valence-corrected chi connectivity index (χ2v) is 14.1. The van der Waals surface area contributed by atoms with Gasteiger partial charge in [0.25, 0.3) is 0 Å². The number of aryl methyl sites for hydroxylation is 2. The molecule has 2 saturated carbocycles. The zero-order valence-corrected chi connectivity index (χ0v) is 26.5. The second-order valence-electron chi connectivity index (χ2n) is 14.1. The summed E-state index contributed by atoms with van der Waals surface area (Å²) in [5.74, 6) is 2.75. The fourth-order valence-electron chi connectivity index (χ4n) is 8.58. The Morgan fingerprint density at radius 2 is 1.83 bits per heavy atom. The highest BCUT2D eigenvalue weighted by Crippen LogP contribution is 2.41. The number of nitrogens with zero attached hydrogens (tertiary/aromatic N) is 2. The normalized spacial score (nSPS) is 23.4. The van der Waals surface area contributed by atoms with Crippen LogP contribution < -0.4 is 0 Å². The molecular weight excluding hydrogens is 516 g/mol. The summed E-state index contributed by atoms with van der Waals surface area (Å²) in [6.45, 7) is 12.7. The van der Waals surface area contributed by atoms with Crippen molar-refractivity contribution in [3.8, 4) is 0 Å². The Balaban J connectivity index is 1.23. The van der Waals surface area contributed by atoms with Gasteiger partial charge in [0, 0.05) is 28.9 Å². The maximum atomic E-state index is 13.8. The second kappa shape index (κ2) is 12.4. The number of carbonyl (C=O) groups excluding carboxylic acids is 1. The molecule has 2 heterocycles. The smallest absolute Gasteiger partial charge is 0.313 e. The standard InChI is InChI=1S/C38H50N2O2/c1-24(2)32-19-14-25(3)20-31(32)23-42-38(41)36(29-10-6-7-11-29)30-17-15-28(16-18-30)22-40-34-13-9-8-12-33(34)35-26(4)21-27(5)39-37(35)40/h8,12,15-18,21,24-25,29,31-32,36H,6-7,9-11,13-14,19-20,22-23H2,1-5H3/t25?,31-,32-,36-/m0/s1. The van der Waals surface area contributed by atoms with E-state index in [0.717, 1.165) is 55.1 Å². The van der Waals surface area contributed by atoms with Crippen molar-refractivity contribution in [3.63, 3.8) is 0 Å². The van der Waals surface area contributed by atoms with Crippen molar-refractivity contribution in [2.45, 2.75) is 105 Å². The molecular formula is C38H50N2O2. The van der Waals surface area contributed by atoms with Gasteiger partial charge in [0.15, 0.2) is 0 Å². The molecule has 3 aliphatic carbocycles. The third kappa shape index (κ3) is 5.83. The fourth-order valence-corrected chi connectivity index (χ4v) is 8.58. The number of benzene rings is 1. The number of esters is 1. The Morgan fingerprint density at radius 1 is 1.07 bits per heavy atom.